The number of nitrogens with zero attached hydrogens (tertiary/aromatic N) is 2. The Kier molecular flexibility index (Phi) is 7.45. The summed E-state index contributed by atoms with van der Waals surface area (Å²) in [6.07, 6.45) is -1.62. The number of nitrogens with one attached hydrogen (secondary N) is 1. The Hall–Kier alpha value is -1.81. The van der Waals surface area contributed by atoms with Crippen LogP contribution in [-0.4, -0.2) is 85.6 Å². The van der Waals surface area contributed by atoms with E-state index in [2.05, 4.69) is 5.32 Å². The number of carbonyl (C=O) groups is 4. The molecular formula is C20H33N3O6S. The maximum Gasteiger partial charge on any atom is 0.327 e. The van der Waals surface area contributed by atoms with Crippen molar-refractivity contribution < 1.29 is 29.4 Å². The number of rotatable bonds is 9. The topological polar surface area (TPSA) is 127 Å². The zero-order valence-corrected chi connectivity index (χ0v) is 19.2. The number of thioether (sulfide) groups is 1. The first kappa shape index (κ1) is 24.5. The van der Waals surface area contributed by atoms with E-state index in [1.54, 1.807) is 13.8 Å². The molecule has 9 nitrogen and oxygen atoms in total. The maximum absolute atomic E-state index is 13.0. The van der Waals surface area contributed by atoms with E-state index >= 15 is 0 Å². The Morgan fingerprint density at radius 2 is 1.80 bits per heavy atom. The van der Waals surface area contributed by atoms with Crippen LogP contribution in [0.3, 0.4) is 0 Å². The number of hydrogen-bond donors (Lipinski definition) is 3. The molecule has 30 heavy (non-hydrogen) atoms. The van der Waals surface area contributed by atoms with Crippen molar-refractivity contribution in [2.75, 3.05) is 19.6 Å². The number of carboxylic acids is 1. The molecule has 10 heteroatoms. The minimum atomic E-state index is -1.62. The first-order valence-corrected chi connectivity index (χ1v) is 11.1. The Labute approximate surface area is 181 Å². The highest BCUT2D eigenvalue weighted by molar-refractivity contribution is 8.01. The average Bonchev–Trinajstić information content (AvgIpc) is 2.86. The fourth-order valence-electron chi connectivity index (χ4n) is 3.89. The van der Waals surface area contributed by atoms with Crippen LogP contribution in [0.5, 0.6) is 0 Å². The second kappa shape index (κ2) is 9.13. The van der Waals surface area contributed by atoms with Crippen LogP contribution in [0.2, 0.25) is 0 Å². The van der Waals surface area contributed by atoms with Crippen LogP contribution < -0.4 is 5.32 Å². The molecule has 3 N–H and O–H groups in total. The second-order valence-corrected chi connectivity index (χ2v) is 11.2. The zero-order chi connectivity index (χ0) is 23.0. The molecule has 2 aliphatic heterocycles. The molecule has 0 aromatic rings. The van der Waals surface area contributed by atoms with Crippen LogP contribution >= 0.6 is 11.8 Å². The largest absolute Gasteiger partial charge is 0.480 e. The van der Waals surface area contributed by atoms with Crippen molar-refractivity contribution in [1.29, 1.82) is 0 Å². The lowest BCUT2D eigenvalue weighted by molar-refractivity contribution is -0.173. The van der Waals surface area contributed by atoms with Gasteiger partial charge in [0.1, 0.15) is 18.1 Å². The van der Waals surface area contributed by atoms with Gasteiger partial charge in [0, 0.05) is 17.8 Å². The molecule has 0 aromatic carbocycles. The molecule has 2 heterocycles. The van der Waals surface area contributed by atoms with Gasteiger partial charge in [-0.3, -0.25) is 14.4 Å². The molecule has 0 spiro atoms. The standard InChI is InChI=1S/C20H33N3O6S/c1-10(2)7-21-12(24)9-22(8-11(3)4)17(27)14(25)13-16(26)23-15(19(28)29)20(5,6)30-18(13)23/h10-11,13-15,18,25H,7-9H2,1-6H3,(H,21,24)(H,28,29)/t13-,14+,15+,18-/m1/s1. The van der Waals surface area contributed by atoms with Gasteiger partial charge in [0.25, 0.3) is 5.91 Å². The van der Waals surface area contributed by atoms with Crippen molar-refractivity contribution in [1.82, 2.24) is 15.1 Å². The van der Waals surface area contributed by atoms with Gasteiger partial charge in [-0.25, -0.2) is 4.79 Å². The summed E-state index contributed by atoms with van der Waals surface area (Å²) in [6, 6.07) is -1.01. The third kappa shape index (κ3) is 4.91. The number of hydrogen-bond acceptors (Lipinski definition) is 6. The Morgan fingerprint density at radius 1 is 1.20 bits per heavy atom. The highest BCUT2D eigenvalue weighted by atomic mass is 32.2. The normalized spacial score (nSPS) is 25.7. The van der Waals surface area contributed by atoms with Crippen LogP contribution in [-0.2, 0) is 19.2 Å². The number of carbonyl (C=O) groups excluding carboxylic acids is 3. The molecule has 0 aliphatic carbocycles. The highest BCUT2D eigenvalue weighted by Gasteiger charge is 2.66. The first-order chi connectivity index (χ1) is 13.8. The molecule has 170 valence electrons. The van der Waals surface area contributed by atoms with E-state index in [-0.39, 0.29) is 30.8 Å². The molecular weight excluding hydrogens is 410 g/mol. The molecule has 2 aliphatic rings. The van der Waals surface area contributed by atoms with E-state index in [1.807, 2.05) is 27.7 Å². The fraction of sp³-hybridized carbons (Fsp3) is 0.800. The quantitative estimate of drug-likeness (QED) is 0.439. The van der Waals surface area contributed by atoms with Crippen LogP contribution in [0, 0.1) is 17.8 Å². The molecule has 0 saturated carbocycles. The van der Waals surface area contributed by atoms with E-state index in [4.69, 9.17) is 0 Å². The van der Waals surface area contributed by atoms with Crippen LogP contribution in [0.4, 0.5) is 0 Å². The van der Waals surface area contributed by atoms with E-state index in [0.29, 0.717) is 6.54 Å². The molecule has 2 saturated heterocycles. The lowest BCUT2D eigenvalue weighted by Gasteiger charge is -2.45. The summed E-state index contributed by atoms with van der Waals surface area (Å²) >= 11 is 1.28. The van der Waals surface area contributed by atoms with Gasteiger partial charge in [0.2, 0.25) is 11.8 Å². The van der Waals surface area contributed by atoms with E-state index < -0.39 is 46.0 Å². The van der Waals surface area contributed by atoms with Gasteiger partial charge >= 0.3 is 5.97 Å². The number of carboxylic acid groups (broad SMARTS) is 1. The van der Waals surface area contributed by atoms with Crippen molar-refractivity contribution >= 4 is 35.5 Å². The van der Waals surface area contributed by atoms with Crippen LogP contribution in [0.1, 0.15) is 41.5 Å². The third-order valence-corrected chi connectivity index (χ3v) is 6.84. The Bertz CT molecular complexity index is 711. The van der Waals surface area contributed by atoms with Gasteiger partial charge in [0.05, 0.1) is 11.9 Å². The van der Waals surface area contributed by atoms with Crippen molar-refractivity contribution in [3.05, 3.63) is 0 Å². The number of β-lactam (4-membered cyclic amide) rings is 1. The highest BCUT2D eigenvalue weighted by Crippen LogP contribution is 2.54. The third-order valence-electron chi connectivity index (χ3n) is 5.25. The number of aliphatic carboxylic acids is 1. The molecule has 2 fully saturated rings. The van der Waals surface area contributed by atoms with Gasteiger partial charge in [-0.2, -0.15) is 0 Å². The van der Waals surface area contributed by atoms with Gasteiger partial charge in [-0.15, -0.1) is 11.8 Å². The summed E-state index contributed by atoms with van der Waals surface area (Å²) in [6.45, 7) is 11.7. The molecule has 0 bridgehead atoms. The van der Waals surface area contributed by atoms with Crippen LogP contribution in [0.25, 0.3) is 0 Å². The van der Waals surface area contributed by atoms with Crippen molar-refractivity contribution in [3.8, 4) is 0 Å². The van der Waals surface area contributed by atoms with Gasteiger partial charge in [0.15, 0.2) is 0 Å². The predicted molar refractivity (Wildman–Crippen MR) is 112 cm³/mol. The number of aliphatic hydroxyl groups excluding tert-OH is 1. The number of fused-ring (bicyclic) bond motifs is 1. The minimum absolute atomic E-state index is 0.0591. The summed E-state index contributed by atoms with van der Waals surface area (Å²) < 4.78 is -0.738. The van der Waals surface area contributed by atoms with Gasteiger partial charge in [-0.1, -0.05) is 27.7 Å². The predicted octanol–water partition coefficient (Wildman–Crippen LogP) is 0.367. The summed E-state index contributed by atoms with van der Waals surface area (Å²) in [4.78, 5) is 52.1. The monoisotopic (exact) mass is 443 g/mol. The molecule has 0 aromatic heterocycles. The molecule has 0 unspecified atom stereocenters. The fourth-order valence-corrected chi connectivity index (χ4v) is 5.61. The molecule has 0 radical (unpaired) electrons. The lowest BCUT2D eigenvalue weighted by atomic mass is 9.87. The number of aliphatic hydroxyl groups is 1. The zero-order valence-electron chi connectivity index (χ0n) is 18.4. The van der Waals surface area contributed by atoms with E-state index in [0.717, 1.165) is 0 Å². The Morgan fingerprint density at radius 3 is 2.30 bits per heavy atom. The summed E-state index contributed by atoms with van der Waals surface area (Å²) in [5.41, 5.74) is 0. The summed E-state index contributed by atoms with van der Waals surface area (Å²) in [7, 11) is 0. The van der Waals surface area contributed by atoms with Crippen molar-refractivity contribution in [3.63, 3.8) is 0 Å². The maximum atomic E-state index is 13.0. The second-order valence-electron chi connectivity index (χ2n) is 9.38. The van der Waals surface area contributed by atoms with Crippen LogP contribution in [0.15, 0.2) is 0 Å². The smallest absolute Gasteiger partial charge is 0.327 e. The summed E-state index contributed by atoms with van der Waals surface area (Å²) in [5.74, 6) is -3.35. The summed E-state index contributed by atoms with van der Waals surface area (Å²) in [5, 5.41) is 22.4. The molecule has 3 amide bonds. The SMILES string of the molecule is CC(C)CNC(=O)CN(CC(C)C)C(=O)[C@@H](O)[C@@H]1C(=O)N2[C@@H]1SC(C)(C)[C@@H]2C(=O)O. The minimum Gasteiger partial charge on any atom is -0.480 e. The van der Waals surface area contributed by atoms with Crippen molar-refractivity contribution in [2.24, 2.45) is 17.8 Å². The van der Waals surface area contributed by atoms with E-state index in [1.165, 1.54) is 21.6 Å². The average molecular weight is 444 g/mol. The molecule has 2 rings (SSSR count). The molecule has 4 atom stereocenters. The number of amides is 3. The lowest BCUT2D eigenvalue weighted by Crippen LogP contribution is -2.67. The van der Waals surface area contributed by atoms with Gasteiger partial charge in [-0.05, 0) is 25.7 Å². The first-order valence-electron chi connectivity index (χ1n) is 10.2. The van der Waals surface area contributed by atoms with E-state index in [9.17, 15) is 29.4 Å². The Balaban J connectivity index is 2.12. The van der Waals surface area contributed by atoms with Crippen molar-refractivity contribution in [2.45, 2.75) is 63.8 Å². The van der Waals surface area contributed by atoms with Gasteiger partial charge < -0.3 is 25.3 Å².